The van der Waals surface area contributed by atoms with Crippen molar-refractivity contribution in [3.8, 4) is 0 Å². The fourth-order valence-corrected chi connectivity index (χ4v) is 5.08. The molecule has 128 valence electrons. The van der Waals surface area contributed by atoms with Crippen molar-refractivity contribution in [2.45, 2.75) is 36.8 Å². The van der Waals surface area contributed by atoms with Crippen LogP contribution in [0.5, 0.6) is 0 Å². The van der Waals surface area contributed by atoms with Crippen LogP contribution in [0.25, 0.3) is 0 Å². The van der Waals surface area contributed by atoms with E-state index in [1.165, 1.54) is 25.3 Å². The smallest absolute Gasteiger partial charge is 0.274 e. The number of carbonyl (C=O) groups excluding carboxylic acids is 2. The number of aldehydes is 1. The van der Waals surface area contributed by atoms with E-state index in [-0.39, 0.29) is 11.3 Å². The second-order valence-electron chi connectivity index (χ2n) is 6.52. The molecule has 2 bridgehead atoms. The van der Waals surface area contributed by atoms with E-state index in [2.05, 4.69) is 0 Å². The predicted octanol–water partition coefficient (Wildman–Crippen LogP) is 1.44. The minimum atomic E-state index is -4.03. The van der Waals surface area contributed by atoms with Gasteiger partial charge in [0.05, 0.1) is 16.4 Å². The lowest BCUT2D eigenvalue weighted by Crippen LogP contribution is -2.70. The number of nitrogens with zero attached hydrogens (tertiary/aromatic N) is 1. The average Bonchev–Trinajstić information content (AvgIpc) is 2.55. The maximum atomic E-state index is 13.0. The minimum Gasteiger partial charge on any atom is -0.363 e. The number of hydrogen-bond acceptors (Lipinski definition) is 5. The lowest BCUT2D eigenvalue weighted by Gasteiger charge is -2.53. The van der Waals surface area contributed by atoms with E-state index in [4.69, 9.17) is 4.74 Å². The molecule has 0 N–H and O–H groups in total. The Bertz CT molecular complexity index is 829. The number of aryl methyl sites for hydroxylation is 1. The SMILES string of the molecule is CO[C@]12C=C[C@H](C[C@]1(C)C=O)N(S(=O)(=O)c1ccc(C)cc1)C2=O. The summed E-state index contributed by atoms with van der Waals surface area (Å²) in [5.74, 6) is -0.723. The van der Waals surface area contributed by atoms with Gasteiger partial charge in [0, 0.05) is 7.11 Å². The number of piperidine rings is 1. The summed E-state index contributed by atoms with van der Waals surface area (Å²) in [5, 5.41) is 0. The van der Waals surface area contributed by atoms with Gasteiger partial charge < -0.3 is 9.53 Å². The van der Waals surface area contributed by atoms with Crippen LogP contribution in [-0.4, -0.2) is 43.7 Å². The van der Waals surface area contributed by atoms with Crippen LogP contribution in [-0.2, 0) is 24.3 Å². The number of hydrogen-bond donors (Lipinski definition) is 0. The van der Waals surface area contributed by atoms with Crippen molar-refractivity contribution in [2.75, 3.05) is 7.11 Å². The molecule has 0 saturated carbocycles. The quantitative estimate of drug-likeness (QED) is 0.607. The van der Waals surface area contributed by atoms with Gasteiger partial charge in [-0.25, -0.2) is 12.7 Å². The van der Waals surface area contributed by atoms with Crippen molar-refractivity contribution < 1.29 is 22.7 Å². The number of rotatable bonds is 4. The van der Waals surface area contributed by atoms with Crippen LogP contribution in [0.3, 0.4) is 0 Å². The summed E-state index contributed by atoms with van der Waals surface area (Å²) in [6.07, 6.45) is 4.01. The molecule has 2 aliphatic heterocycles. The standard InChI is InChI=1S/C17H19NO5S/c1-12-4-6-14(7-5-12)24(21,22)18-13-8-9-17(23-3,15(18)20)16(2,10-13)11-19/h4-9,11,13H,10H2,1-3H3/t13-,16-,17+/m1/s1. The highest BCUT2D eigenvalue weighted by Crippen LogP contribution is 2.49. The van der Waals surface area contributed by atoms with Crippen LogP contribution in [0.15, 0.2) is 41.3 Å². The molecular formula is C17H19NO5S. The third-order valence-corrected chi connectivity index (χ3v) is 6.84. The zero-order valence-corrected chi connectivity index (χ0v) is 14.5. The fourth-order valence-electron chi connectivity index (χ4n) is 3.52. The Hall–Kier alpha value is -1.99. The summed E-state index contributed by atoms with van der Waals surface area (Å²) in [5.41, 5.74) is -1.78. The third-order valence-electron chi connectivity index (χ3n) is 5.01. The number of benzene rings is 1. The molecule has 1 amide bonds. The van der Waals surface area contributed by atoms with Crippen LogP contribution in [0, 0.1) is 12.3 Å². The van der Waals surface area contributed by atoms with Crippen LogP contribution < -0.4 is 0 Å². The Morgan fingerprint density at radius 3 is 2.46 bits per heavy atom. The molecular weight excluding hydrogens is 330 g/mol. The van der Waals surface area contributed by atoms with E-state index >= 15 is 0 Å². The van der Waals surface area contributed by atoms with Crippen molar-refractivity contribution in [1.29, 1.82) is 0 Å². The molecule has 1 fully saturated rings. The first-order chi connectivity index (χ1) is 11.2. The van der Waals surface area contributed by atoms with Gasteiger partial charge in [-0.15, -0.1) is 0 Å². The molecule has 24 heavy (non-hydrogen) atoms. The van der Waals surface area contributed by atoms with E-state index in [1.54, 1.807) is 25.1 Å². The van der Waals surface area contributed by atoms with E-state index < -0.39 is 33.0 Å². The highest BCUT2D eigenvalue weighted by atomic mass is 32.2. The minimum absolute atomic E-state index is 0.0430. The van der Waals surface area contributed by atoms with Crippen LogP contribution >= 0.6 is 0 Å². The zero-order chi connectivity index (χ0) is 17.8. The number of ether oxygens (including phenoxy) is 1. The molecule has 0 aromatic heterocycles. The first kappa shape index (κ1) is 16.9. The maximum Gasteiger partial charge on any atom is 0.274 e. The first-order valence-corrected chi connectivity index (χ1v) is 9.02. The van der Waals surface area contributed by atoms with Gasteiger partial charge in [-0.05, 0) is 38.5 Å². The molecule has 3 atom stereocenters. The largest absolute Gasteiger partial charge is 0.363 e. The Morgan fingerprint density at radius 2 is 1.92 bits per heavy atom. The molecule has 1 aromatic carbocycles. The van der Waals surface area contributed by atoms with Crippen molar-refractivity contribution in [3.05, 3.63) is 42.0 Å². The third kappa shape index (κ3) is 2.01. The number of methoxy groups -OCH3 is 1. The van der Waals surface area contributed by atoms with Gasteiger partial charge in [-0.3, -0.25) is 4.79 Å². The molecule has 4 rings (SSSR count). The molecule has 6 nitrogen and oxygen atoms in total. The summed E-state index contributed by atoms with van der Waals surface area (Å²) < 4.78 is 32.2. The second kappa shape index (κ2) is 5.26. The van der Waals surface area contributed by atoms with Gasteiger partial charge in [-0.2, -0.15) is 0 Å². The molecule has 3 aliphatic rings. The van der Waals surface area contributed by atoms with Crippen molar-refractivity contribution in [2.24, 2.45) is 5.41 Å². The summed E-state index contributed by atoms with van der Waals surface area (Å²) in [4.78, 5) is 24.7. The van der Waals surface area contributed by atoms with Crippen LogP contribution in [0.1, 0.15) is 18.9 Å². The van der Waals surface area contributed by atoms with Gasteiger partial charge in [0.1, 0.15) is 6.29 Å². The maximum absolute atomic E-state index is 13.0. The molecule has 1 aliphatic carbocycles. The van der Waals surface area contributed by atoms with Crippen molar-refractivity contribution >= 4 is 22.2 Å². The lowest BCUT2D eigenvalue weighted by atomic mass is 9.63. The van der Waals surface area contributed by atoms with E-state index in [0.717, 1.165) is 9.87 Å². The van der Waals surface area contributed by atoms with Crippen molar-refractivity contribution in [1.82, 2.24) is 4.31 Å². The normalized spacial score (nSPS) is 32.2. The number of amides is 1. The monoisotopic (exact) mass is 349 g/mol. The highest BCUT2D eigenvalue weighted by Gasteiger charge is 2.64. The van der Waals surface area contributed by atoms with E-state index in [1.807, 2.05) is 6.92 Å². The summed E-state index contributed by atoms with van der Waals surface area (Å²) >= 11 is 0. The average molecular weight is 349 g/mol. The van der Waals surface area contributed by atoms with Gasteiger partial charge in [0.25, 0.3) is 15.9 Å². The second-order valence-corrected chi connectivity index (χ2v) is 8.34. The van der Waals surface area contributed by atoms with Gasteiger partial charge in [-0.1, -0.05) is 23.8 Å². The number of carbonyl (C=O) groups is 2. The summed E-state index contributed by atoms with van der Waals surface area (Å²) in [7, 11) is -2.72. The summed E-state index contributed by atoms with van der Waals surface area (Å²) in [6.45, 7) is 3.47. The molecule has 0 radical (unpaired) electrons. The Kier molecular flexibility index (Phi) is 3.69. The van der Waals surface area contributed by atoms with Crippen LogP contribution in [0.4, 0.5) is 0 Å². The summed E-state index contributed by atoms with van der Waals surface area (Å²) in [6, 6.07) is 5.61. The Balaban J connectivity index is 2.12. The van der Waals surface area contributed by atoms with Gasteiger partial charge in [0.2, 0.25) is 0 Å². The van der Waals surface area contributed by atoms with Crippen molar-refractivity contribution in [3.63, 3.8) is 0 Å². The molecule has 0 spiro atoms. The Labute approximate surface area is 141 Å². The van der Waals surface area contributed by atoms with Crippen LogP contribution in [0.2, 0.25) is 0 Å². The molecule has 2 heterocycles. The Morgan fingerprint density at radius 1 is 1.29 bits per heavy atom. The molecule has 1 saturated heterocycles. The van der Waals surface area contributed by atoms with E-state index in [0.29, 0.717) is 6.29 Å². The topological polar surface area (TPSA) is 80.8 Å². The molecule has 1 aromatic rings. The number of fused-ring (bicyclic) bond motifs is 2. The highest BCUT2D eigenvalue weighted by molar-refractivity contribution is 7.89. The number of sulfonamides is 1. The molecule has 7 heteroatoms. The van der Waals surface area contributed by atoms with E-state index in [9.17, 15) is 18.0 Å². The molecule has 0 unspecified atom stereocenters. The first-order valence-electron chi connectivity index (χ1n) is 7.58. The fraction of sp³-hybridized carbons (Fsp3) is 0.412. The predicted molar refractivity (Wildman–Crippen MR) is 86.7 cm³/mol. The van der Waals surface area contributed by atoms with Gasteiger partial charge in [0.15, 0.2) is 5.60 Å². The lowest BCUT2D eigenvalue weighted by molar-refractivity contribution is -0.174. The van der Waals surface area contributed by atoms with Gasteiger partial charge >= 0.3 is 0 Å². The zero-order valence-electron chi connectivity index (χ0n) is 13.7.